The zero-order chi connectivity index (χ0) is 27.5. The Morgan fingerprint density at radius 2 is 1.49 bits per heavy atom. The molecule has 0 bridgehead atoms. The smallest absolute Gasteiger partial charge is 0.399 e. The van der Waals surface area contributed by atoms with Crippen LogP contribution in [0.15, 0.2) is 91.0 Å². The highest BCUT2D eigenvalue weighted by molar-refractivity contribution is 6.25. The number of fused-ring (bicyclic) bond motifs is 5. The fourth-order valence-electron chi connectivity index (χ4n) is 5.94. The Kier molecular flexibility index (Phi) is 5.79. The van der Waals surface area contributed by atoms with Crippen molar-refractivity contribution in [1.82, 2.24) is 0 Å². The maximum Gasteiger partial charge on any atom is 0.416 e. The number of hydrogen-bond donors (Lipinski definition) is 1. The Morgan fingerprint density at radius 3 is 2.23 bits per heavy atom. The highest BCUT2D eigenvalue weighted by atomic mass is 19.4. The molecule has 2 atom stereocenters. The van der Waals surface area contributed by atoms with Gasteiger partial charge in [0.15, 0.2) is 11.6 Å². The summed E-state index contributed by atoms with van der Waals surface area (Å²) in [5.41, 5.74) is 7.79. The average Bonchev–Trinajstić information content (AvgIpc) is 2.91. The van der Waals surface area contributed by atoms with Crippen LogP contribution in [0.2, 0.25) is 0 Å². The summed E-state index contributed by atoms with van der Waals surface area (Å²) >= 11 is 0. The van der Waals surface area contributed by atoms with E-state index in [1.54, 1.807) is 30.3 Å². The maximum atomic E-state index is 14.1. The molecule has 6 rings (SSSR count). The Hall–Kier alpha value is -4.45. The predicted molar refractivity (Wildman–Crippen MR) is 147 cm³/mol. The molecule has 0 aliphatic heterocycles. The van der Waals surface area contributed by atoms with E-state index in [0.717, 1.165) is 27.6 Å². The van der Waals surface area contributed by atoms with E-state index in [0.29, 0.717) is 27.9 Å². The summed E-state index contributed by atoms with van der Waals surface area (Å²) in [5.74, 6) is -2.56. The van der Waals surface area contributed by atoms with Crippen LogP contribution in [0.4, 0.5) is 18.9 Å². The first-order valence-corrected chi connectivity index (χ1v) is 12.7. The zero-order valence-corrected chi connectivity index (χ0v) is 21.0. The van der Waals surface area contributed by atoms with Gasteiger partial charge in [-0.25, -0.2) is 0 Å². The monoisotopic (exact) mass is 523 g/mol. The number of carbonyl (C=O) groups excluding carboxylic acids is 2. The number of benzene rings is 5. The summed E-state index contributed by atoms with van der Waals surface area (Å²) < 4.78 is 40.9. The van der Waals surface area contributed by atoms with Gasteiger partial charge in [-0.2, -0.15) is 13.2 Å². The number of ketones is 2. The van der Waals surface area contributed by atoms with Gasteiger partial charge in [0.05, 0.1) is 17.4 Å². The van der Waals surface area contributed by atoms with Crippen molar-refractivity contribution < 1.29 is 22.8 Å². The number of nitrogens with two attached hydrogens (primary N) is 1. The highest BCUT2D eigenvalue weighted by Crippen LogP contribution is 2.43. The molecule has 5 aromatic carbocycles. The van der Waals surface area contributed by atoms with Crippen LogP contribution in [0.25, 0.3) is 21.5 Å². The van der Waals surface area contributed by atoms with Crippen molar-refractivity contribution in [2.24, 2.45) is 5.92 Å². The summed E-state index contributed by atoms with van der Waals surface area (Å²) in [4.78, 5) is 28.2. The van der Waals surface area contributed by atoms with E-state index in [2.05, 4.69) is 0 Å². The largest absolute Gasteiger partial charge is 0.416 e. The van der Waals surface area contributed by atoms with E-state index >= 15 is 0 Å². The van der Waals surface area contributed by atoms with Crippen molar-refractivity contribution in [3.8, 4) is 0 Å². The zero-order valence-electron chi connectivity index (χ0n) is 21.0. The van der Waals surface area contributed by atoms with E-state index < -0.39 is 23.6 Å². The number of rotatable bonds is 3. The van der Waals surface area contributed by atoms with Gasteiger partial charge in [0.1, 0.15) is 0 Å². The lowest BCUT2D eigenvalue weighted by Gasteiger charge is -2.31. The lowest BCUT2D eigenvalue weighted by Crippen LogP contribution is -2.37. The third-order valence-corrected chi connectivity index (χ3v) is 7.91. The second-order valence-electron chi connectivity index (χ2n) is 10.1. The molecule has 1 aliphatic rings. The third kappa shape index (κ3) is 4.07. The predicted octanol–water partition coefficient (Wildman–Crippen LogP) is 7.66. The molecule has 2 unspecified atom stereocenters. The van der Waals surface area contributed by atoms with Crippen LogP contribution in [0.1, 0.15) is 44.1 Å². The van der Waals surface area contributed by atoms with Gasteiger partial charge in [0.25, 0.3) is 0 Å². The number of carbonyl (C=O) groups is 2. The van der Waals surface area contributed by atoms with Crippen molar-refractivity contribution >= 4 is 38.8 Å². The van der Waals surface area contributed by atoms with Gasteiger partial charge in [-0.3, -0.25) is 9.59 Å². The Balaban J connectivity index is 1.57. The van der Waals surface area contributed by atoms with Crippen molar-refractivity contribution in [3.05, 3.63) is 124 Å². The van der Waals surface area contributed by atoms with E-state index in [1.165, 1.54) is 13.0 Å². The van der Waals surface area contributed by atoms with Gasteiger partial charge in [-0.1, -0.05) is 72.8 Å². The second kappa shape index (κ2) is 9.09. The van der Waals surface area contributed by atoms with Crippen LogP contribution < -0.4 is 5.73 Å². The topological polar surface area (TPSA) is 60.2 Å². The van der Waals surface area contributed by atoms with Crippen molar-refractivity contribution in [1.29, 1.82) is 0 Å². The number of nitrogen functional groups attached to an aromatic ring is 1. The first-order valence-electron chi connectivity index (χ1n) is 12.7. The first-order chi connectivity index (χ1) is 18.6. The first kappa shape index (κ1) is 24.9. The number of anilines is 1. The van der Waals surface area contributed by atoms with Crippen LogP contribution in [-0.4, -0.2) is 11.6 Å². The number of alkyl halides is 3. The summed E-state index contributed by atoms with van der Waals surface area (Å²) in [6.07, 6.45) is -4.64. The molecule has 1 aliphatic carbocycles. The maximum absolute atomic E-state index is 14.1. The van der Waals surface area contributed by atoms with E-state index in [-0.39, 0.29) is 23.6 Å². The molecule has 0 heterocycles. The summed E-state index contributed by atoms with van der Waals surface area (Å²) in [7, 11) is 0. The molecule has 0 fully saturated rings. The average molecular weight is 524 g/mol. The fraction of sp³-hybridized carbons (Fsp3) is 0.152. The molecular formula is C33H24F3NO2. The fourth-order valence-corrected chi connectivity index (χ4v) is 5.94. The second-order valence-corrected chi connectivity index (χ2v) is 10.1. The molecule has 0 spiro atoms. The van der Waals surface area contributed by atoms with Crippen molar-refractivity contribution in [3.63, 3.8) is 0 Å². The van der Waals surface area contributed by atoms with E-state index in [4.69, 9.17) is 5.73 Å². The van der Waals surface area contributed by atoms with Crippen LogP contribution in [0.3, 0.4) is 0 Å². The van der Waals surface area contributed by atoms with Gasteiger partial charge in [0.2, 0.25) is 0 Å². The van der Waals surface area contributed by atoms with Gasteiger partial charge in [0, 0.05) is 11.3 Å². The molecule has 0 saturated carbocycles. The molecule has 194 valence electrons. The SMILES string of the molecule is Cc1c(CC2C(=O)c3c(ccc4c3ccc3ccccc34)C(c3ccc(N)cc3)C2=O)cccc1C(F)(F)F. The molecule has 39 heavy (non-hydrogen) atoms. The lowest BCUT2D eigenvalue weighted by molar-refractivity contribution is -0.138. The Morgan fingerprint density at radius 1 is 0.769 bits per heavy atom. The molecule has 2 N–H and O–H groups in total. The van der Waals surface area contributed by atoms with Crippen molar-refractivity contribution in [2.75, 3.05) is 5.73 Å². The minimum atomic E-state index is -4.53. The standard InChI is InChI=1S/C33H24F3NO2/c1-18-21(6-4-8-28(18)33(34,35)36)17-27-31(38)29(20-9-12-22(37)13-10-20)26-16-15-24-23-7-3-2-5-19(23)11-14-25(24)30(26)32(27)39/h2-16,27,29H,17,37H2,1H3. The van der Waals surface area contributed by atoms with Crippen LogP contribution in [0, 0.1) is 12.8 Å². The lowest BCUT2D eigenvalue weighted by atomic mass is 9.69. The van der Waals surface area contributed by atoms with Gasteiger partial charge in [-0.05, 0) is 75.3 Å². The van der Waals surface area contributed by atoms with Gasteiger partial charge in [-0.15, -0.1) is 0 Å². The number of Topliss-reactive ketones (excluding diaryl/α,β-unsaturated/α-hetero) is 2. The van der Waals surface area contributed by atoms with Gasteiger partial charge >= 0.3 is 6.18 Å². The normalized spacial score (nSPS) is 17.5. The number of halogens is 3. The molecule has 0 saturated heterocycles. The minimum absolute atomic E-state index is 0.0318. The summed E-state index contributed by atoms with van der Waals surface area (Å²) in [6, 6.07) is 26.4. The third-order valence-electron chi connectivity index (χ3n) is 7.91. The Labute approximate surface area is 223 Å². The molecule has 3 nitrogen and oxygen atoms in total. The highest BCUT2D eigenvalue weighted by Gasteiger charge is 2.43. The molecule has 0 aromatic heterocycles. The minimum Gasteiger partial charge on any atom is -0.399 e. The Bertz CT molecular complexity index is 1790. The molecule has 0 radical (unpaired) electrons. The molecule has 6 heteroatoms. The molecule has 5 aromatic rings. The summed E-state index contributed by atoms with van der Waals surface area (Å²) in [6.45, 7) is 1.39. The van der Waals surface area contributed by atoms with Gasteiger partial charge < -0.3 is 5.73 Å². The quantitative estimate of drug-likeness (QED) is 0.150. The molecule has 0 amide bonds. The molecular weight excluding hydrogens is 499 g/mol. The van der Waals surface area contributed by atoms with Crippen LogP contribution in [0.5, 0.6) is 0 Å². The van der Waals surface area contributed by atoms with Crippen LogP contribution in [-0.2, 0) is 17.4 Å². The van der Waals surface area contributed by atoms with Crippen molar-refractivity contribution in [2.45, 2.75) is 25.4 Å². The van der Waals surface area contributed by atoms with Crippen LogP contribution >= 0.6 is 0 Å². The van der Waals surface area contributed by atoms with E-state index in [1.807, 2.05) is 48.5 Å². The number of hydrogen-bond acceptors (Lipinski definition) is 3. The summed E-state index contributed by atoms with van der Waals surface area (Å²) in [5, 5.41) is 3.63. The van der Waals surface area contributed by atoms with E-state index in [9.17, 15) is 22.8 Å².